The number of amides is 1. The van der Waals surface area contributed by atoms with Crippen molar-refractivity contribution in [2.24, 2.45) is 0 Å². The van der Waals surface area contributed by atoms with Gasteiger partial charge < -0.3 is 0 Å². The van der Waals surface area contributed by atoms with Gasteiger partial charge in [0, 0.05) is 0 Å². The van der Waals surface area contributed by atoms with E-state index in [-0.39, 0.29) is 5.13 Å². The van der Waals surface area contributed by atoms with Crippen LogP contribution in [0.4, 0.5) is 18.3 Å². The molecule has 0 unspecified atom stereocenters. The first kappa shape index (κ1) is 16.4. The van der Waals surface area contributed by atoms with Crippen molar-refractivity contribution in [2.45, 2.75) is 20.0 Å². The molecule has 24 heavy (non-hydrogen) atoms. The Kier molecular flexibility index (Phi) is 4.04. The number of carbonyl (C=O) groups is 1. The van der Waals surface area contributed by atoms with Gasteiger partial charge in [-0.25, -0.2) is 4.98 Å². The van der Waals surface area contributed by atoms with Gasteiger partial charge in [-0.2, -0.15) is 13.2 Å². The Balaban J connectivity index is 1.97. The predicted molar refractivity (Wildman–Crippen MR) is 88.5 cm³/mol. The molecule has 7 heteroatoms. The summed E-state index contributed by atoms with van der Waals surface area (Å²) in [7, 11) is 0. The maximum atomic E-state index is 13.0. The Bertz CT molecular complexity index is 892. The largest absolute Gasteiger partial charge is 0.417 e. The average Bonchev–Trinajstić information content (AvgIpc) is 2.95. The number of benzene rings is 2. The summed E-state index contributed by atoms with van der Waals surface area (Å²) in [5, 5.41) is 2.76. The lowest BCUT2D eigenvalue weighted by Gasteiger charge is -2.11. The molecule has 2 aromatic carbocycles. The fourth-order valence-electron chi connectivity index (χ4n) is 2.41. The predicted octanol–water partition coefficient (Wildman–Crippen LogP) is 5.18. The fourth-order valence-corrected chi connectivity index (χ4v) is 3.41. The van der Waals surface area contributed by atoms with Crippen molar-refractivity contribution in [3.05, 3.63) is 58.7 Å². The molecule has 1 heterocycles. The summed E-state index contributed by atoms with van der Waals surface area (Å²) in [6.45, 7) is 3.82. The van der Waals surface area contributed by atoms with Gasteiger partial charge in [0.1, 0.15) is 0 Å². The van der Waals surface area contributed by atoms with Crippen molar-refractivity contribution in [3.8, 4) is 0 Å². The third-order valence-corrected chi connectivity index (χ3v) is 4.75. The molecule has 3 aromatic rings. The first-order valence-electron chi connectivity index (χ1n) is 7.11. The van der Waals surface area contributed by atoms with E-state index in [1.54, 1.807) is 0 Å². The van der Waals surface area contributed by atoms with Crippen molar-refractivity contribution in [1.82, 2.24) is 4.98 Å². The second-order valence-corrected chi connectivity index (χ2v) is 6.39. The number of rotatable bonds is 2. The number of halogens is 3. The van der Waals surface area contributed by atoms with Crippen LogP contribution in [0.2, 0.25) is 0 Å². The van der Waals surface area contributed by atoms with Gasteiger partial charge in [0.25, 0.3) is 5.91 Å². The molecule has 1 aromatic heterocycles. The summed E-state index contributed by atoms with van der Waals surface area (Å²) < 4.78 is 40.0. The number of thiazole rings is 1. The quantitative estimate of drug-likeness (QED) is 0.691. The number of alkyl halides is 3. The van der Waals surface area contributed by atoms with Crippen molar-refractivity contribution in [1.29, 1.82) is 0 Å². The summed E-state index contributed by atoms with van der Waals surface area (Å²) in [5.41, 5.74) is 1.32. The van der Waals surface area contributed by atoms with E-state index in [4.69, 9.17) is 0 Å². The van der Waals surface area contributed by atoms with Crippen LogP contribution in [0.3, 0.4) is 0 Å². The van der Waals surface area contributed by atoms with E-state index in [1.807, 2.05) is 26.0 Å². The number of aromatic nitrogens is 1. The Labute approximate surface area is 140 Å². The number of carbonyl (C=O) groups excluding carboxylic acids is 1. The van der Waals surface area contributed by atoms with E-state index < -0.39 is 23.2 Å². The Morgan fingerprint density at radius 2 is 1.75 bits per heavy atom. The Morgan fingerprint density at radius 3 is 2.42 bits per heavy atom. The standard InChI is InChI=1S/C17H13F3N2OS/c1-9-7-8-10(2)14-13(9)21-16(24-14)22-15(23)11-5-3-4-6-12(11)17(18,19)20/h3-8H,1-2H3,(H,21,22,23). The minimum absolute atomic E-state index is 0.282. The van der Waals surface area contributed by atoms with E-state index in [9.17, 15) is 18.0 Å². The first-order valence-corrected chi connectivity index (χ1v) is 7.93. The van der Waals surface area contributed by atoms with Gasteiger partial charge in [0.05, 0.1) is 21.3 Å². The molecule has 0 atom stereocenters. The summed E-state index contributed by atoms with van der Waals surface area (Å²) in [6.07, 6.45) is -4.59. The lowest BCUT2D eigenvalue weighted by atomic mass is 10.1. The van der Waals surface area contributed by atoms with Gasteiger partial charge in [-0.3, -0.25) is 10.1 Å². The van der Waals surface area contributed by atoms with E-state index in [1.165, 1.54) is 23.5 Å². The number of fused-ring (bicyclic) bond motifs is 1. The third kappa shape index (κ3) is 2.99. The van der Waals surface area contributed by atoms with Crippen LogP contribution in [0.1, 0.15) is 27.0 Å². The Morgan fingerprint density at radius 1 is 1.08 bits per heavy atom. The molecule has 0 spiro atoms. The number of anilines is 1. The first-order chi connectivity index (χ1) is 11.3. The highest BCUT2D eigenvalue weighted by molar-refractivity contribution is 7.22. The topological polar surface area (TPSA) is 42.0 Å². The minimum Gasteiger partial charge on any atom is -0.298 e. The molecule has 1 N–H and O–H groups in total. The van der Waals surface area contributed by atoms with Crippen molar-refractivity contribution < 1.29 is 18.0 Å². The smallest absolute Gasteiger partial charge is 0.298 e. The van der Waals surface area contributed by atoms with Crippen LogP contribution in [0, 0.1) is 13.8 Å². The molecule has 0 saturated heterocycles. The van der Waals surface area contributed by atoms with Crippen molar-refractivity contribution >= 4 is 32.6 Å². The van der Waals surface area contributed by atoms with Crippen molar-refractivity contribution in [3.63, 3.8) is 0 Å². The molecule has 0 aliphatic heterocycles. The van der Waals surface area contributed by atoms with Gasteiger partial charge >= 0.3 is 6.18 Å². The lowest BCUT2D eigenvalue weighted by molar-refractivity contribution is -0.137. The summed E-state index contributed by atoms with van der Waals surface area (Å²) in [6, 6.07) is 8.56. The van der Waals surface area contributed by atoms with Gasteiger partial charge in [-0.1, -0.05) is 35.6 Å². The molecule has 1 amide bonds. The van der Waals surface area contributed by atoms with Gasteiger partial charge in [-0.15, -0.1) is 0 Å². The molecule has 0 saturated carbocycles. The SMILES string of the molecule is Cc1ccc(C)c2sc(NC(=O)c3ccccc3C(F)(F)F)nc12. The van der Waals surface area contributed by atoms with E-state index >= 15 is 0 Å². The number of nitrogens with one attached hydrogen (secondary N) is 1. The van der Waals surface area contributed by atoms with Crippen LogP contribution < -0.4 is 5.32 Å². The maximum Gasteiger partial charge on any atom is 0.417 e. The second-order valence-electron chi connectivity index (χ2n) is 5.39. The summed E-state index contributed by atoms with van der Waals surface area (Å²) in [5.74, 6) is -0.822. The molecule has 3 rings (SSSR count). The molecule has 0 bridgehead atoms. The highest BCUT2D eigenvalue weighted by Crippen LogP contribution is 2.34. The van der Waals surface area contributed by atoms with Crippen LogP contribution in [-0.2, 0) is 6.18 Å². The summed E-state index contributed by atoms with van der Waals surface area (Å²) >= 11 is 1.25. The van der Waals surface area contributed by atoms with Crippen LogP contribution in [0.15, 0.2) is 36.4 Å². The number of hydrogen-bond acceptors (Lipinski definition) is 3. The second kappa shape index (κ2) is 5.90. The highest BCUT2D eigenvalue weighted by Gasteiger charge is 2.35. The van der Waals surface area contributed by atoms with E-state index in [0.717, 1.165) is 33.5 Å². The van der Waals surface area contributed by atoms with Crippen LogP contribution in [0.5, 0.6) is 0 Å². The highest BCUT2D eigenvalue weighted by atomic mass is 32.1. The average molecular weight is 350 g/mol. The lowest BCUT2D eigenvalue weighted by Crippen LogP contribution is -2.18. The molecular formula is C17H13F3N2OS. The van der Waals surface area contributed by atoms with Crippen LogP contribution in [0.25, 0.3) is 10.2 Å². The van der Waals surface area contributed by atoms with E-state index in [2.05, 4.69) is 10.3 Å². The fraction of sp³-hybridized carbons (Fsp3) is 0.176. The molecule has 0 aliphatic rings. The zero-order valence-electron chi connectivity index (χ0n) is 12.9. The molecule has 0 radical (unpaired) electrons. The normalized spacial score (nSPS) is 11.7. The molecule has 3 nitrogen and oxygen atoms in total. The zero-order chi connectivity index (χ0) is 17.5. The van der Waals surface area contributed by atoms with Gasteiger partial charge in [-0.05, 0) is 37.1 Å². The third-order valence-electron chi connectivity index (χ3n) is 3.64. The van der Waals surface area contributed by atoms with Crippen LogP contribution >= 0.6 is 11.3 Å². The van der Waals surface area contributed by atoms with Crippen molar-refractivity contribution in [2.75, 3.05) is 5.32 Å². The van der Waals surface area contributed by atoms with Crippen LogP contribution in [-0.4, -0.2) is 10.9 Å². The monoisotopic (exact) mass is 350 g/mol. The van der Waals surface area contributed by atoms with E-state index in [0.29, 0.717) is 0 Å². The minimum atomic E-state index is -4.59. The van der Waals surface area contributed by atoms with Gasteiger partial charge in [0.15, 0.2) is 5.13 Å². The molecule has 124 valence electrons. The maximum absolute atomic E-state index is 13.0. The number of hydrogen-bond donors (Lipinski definition) is 1. The summed E-state index contributed by atoms with van der Waals surface area (Å²) in [4.78, 5) is 16.6. The number of nitrogens with zero attached hydrogens (tertiary/aromatic N) is 1. The Hall–Kier alpha value is -2.41. The molecule has 0 fully saturated rings. The molecule has 0 aliphatic carbocycles. The zero-order valence-corrected chi connectivity index (χ0v) is 13.7. The molecular weight excluding hydrogens is 337 g/mol. The van der Waals surface area contributed by atoms with Gasteiger partial charge in [0.2, 0.25) is 0 Å². The number of aryl methyl sites for hydroxylation is 2.